The van der Waals surface area contributed by atoms with Gasteiger partial charge in [-0.1, -0.05) is 54.6 Å². The zero-order valence-corrected chi connectivity index (χ0v) is 14.0. The number of aliphatic hydroxyl groups excluding tert-OH is 2. The molecule has 0 saturated carbocycles. The van der Waals surface area contributed by atoms with Crippen LogP contribution in [-0.2, 0) is 0 Å². The highest BCUT2D eigenvalue weighted by Crippen LogP contribution is 2.22. The SMILES string of the molecule is OCCN1CCN(CC(O)c2ccc(-c3ccccc3)cc2)CC1. The fourth-order valence-corrected chi connectivity index (χ4v) is 3.22. The molecule has 0 aliphatic carbocycles. The monoisotopic (exact) mass is 326 g/mol. The van der Waals surface area contributed by atoms with Crippen molar-refractivity contribution in [2.24, 2.45) is 0 Å². The van der Waals surface area contributed by atoms with Gasteiger partial charge in [0.2, 0.25) is 0 Å². The maximum absolute atomic E-state index is 10.5. The molecule has 2 N–H and O–H groups in total. The molecule has 0 amide bonds. The first-order valence-electron chi connectivity index (χ1n) is 8.65. The van der Waals surface area contributed by atoms with Crippen LogP contribution < -0.4 is 0 Å². The van der Waals surface area contributed by atoms with E-state index in [4.69, 9.17) is 5.11 Å². The highest BCUT2D eigenvalue weighted by molar-refractivity contribution is 5.63. The summed E-state index contributed by atoms with van der Waals surface area (Å²) in [6.07, 6.45) is -0.459. The number of hydrogen-bond acceptors (Lipinski definition) is 4. The van der Waals surface area contributed by atoms with E-state index in [0.29, 0.717) is 6.54 Å². The standard InChI is InChI=1S/C20H26N2O2/c23-15-14-21-10-12-22(13-11-21)16-20(24)19-8-6-18(7-9-19)17-4-2-1-3-5-17/h1-9,20,23-24H,10-16H2. The molecule has 2 aromatic rings. The van der Waals surface area contributed by atoms with Gasteiger partial charge in [0, 0.05) is 39.3 Å². The second-order valence-electron chi connectivity index (χ2n) is 6.37. The topological polar surface area (TPSA) is 46.9 Å². The molecular weight excluding hydrogens is 300 g/mol. The summed E-state index contributed by atoms with van der Waals surface area (Å²) in [6, 6.07) is 18.5. The lowest BCUT2D eigenvalue weighted by atomic mass is 10.0. The second-order valence-corrected chi connectivity index (χ2v) is 6.37. The first kappa shape index (κ1) is 17.1. The maximum Gasteiger partial charge on any atom is 0.0916 e. The zero-order chi connectivity index (χ0) is 16.8. The Hall–Kier alpha value is -1.72. The summed E-state index contributed by atoms with van der Waals surface area (Å²) in [7, 11) is 0. The molecule has 1 atom stereocenters. The molecule has 1 aliphatic heterocycles. The second kappa shape index (κ2) is 8.40. The minimum Gasteiger partial charge on any atom is -0.395 e. The van der Waals surface area contributed by atoms with Crippen LogP contribution in [0.15, 0.2) is 54.6 Å². The van der Waals surface area contributed by atoms with E-state index in [-0.39, 0.29) is 6.61 Å². The summed E-state index contributed by atoms with van der Waals surface area (Å²) in [5.74, 6) is 0. The van der Waals surface area contributed by atoms with Crippen molar-refractivity contribution in [3.63, 3.8) is 0 Å². The summed E-state index contributed by atoms with van der Waals surface area (Å²) in [5, 5.41) is 19.5. The molecule has 1 aliphatic rings. The molecule has 4 heteroatoms. The molecular formula is C20H26N2O2. The van der Waals surface area contributed by atoms with Crippen LogP contribution in [0.3, 0.4) is 0 Å². The van der Waals surface area contributed by atoms with E-state index >= 15 is 0 Å². The Labute approximate surface area is 144 Å². The average Bonchev–Trinajstić information content (AvgIpc) is 2.64. The highest BCUT2D eigenvalue weighted by atomic mass is 16.3. The van der Waals surface area contributed by atoms with E-state index in [1.54, 1.807) is 0 Å². The van der Waals surface area contributed by atoms with Gasteiger partial charge in [0.05, 0.1) is 12.7 Å². The van der Waals surface area contributed by atoms with Gasteiger partial charge < -0.3 is 10.2 Å². The van der Waals surface area contributed by atoms with Gasteiger partial charge in [-0.25, -0.2) is 0 Å². The molecule has 3 rings (SSSR count). The predicted octanol–water partition coefficient (Wildman–Crippen LogP) is 2.00. The van der Waals surface area contributed by atoms with Gasteiger partial charge in [-0.3, -0.25) is 9.80 Å². The van der Waals surface area contributed by atoms with E-state index in [1.165, 1.54) is 11.1 Å². The van der Waals surface area contributed by atoms with Crippen molar-refractivity contribution in [3.05, 3.63) is 60.2 Å². The summed E-state index contributed by atoms with van der Waals surface area (Å²) < 4.78 is 0. The normalized spacial score (nSPS) is 17.8. The summed E-state index contributed by atoms with van der Waals surface area (Å²) >= 11 is 0. The third-order valence-electron chi connectivity index (χ3n) is 4.71. The van der Waals surface area contributed by atoms with Crippen LogP contribution in [0.4, 0.5) is 0 Å². The smallest absolute Gasteiger partial charge is 0.0916 e. The molecule has 1 saturated heterocycles. The highest BCUT2D eigenvalue weighted by Gasteiger charge is 2.19. The molecule has 1 fully saturated rings. The number of β-amino-alcohol motifs (C(OH)–C–C–N with tert-alkyl or cyclic N) is 2. The first-order valence-corrected chi connectivity index (χ1v) is 8.65. The Morgan fingerprint density at radius 2 is 1.38 bits per heavy atom. The number of rotatable bonds is 6. The van der Waals surface area contributed by atoms with Crippen LogP contribution in [0, 0.1) is 0 Å². The Bertz CT molecular complexity index is 607. The molecule has 1 unspecified atom stereocenters. The van der Waals surface area contributed by atoms with Gasteiger partial charge in [-0.2, -0.15) is 0 Å². The number of hydrogen-bond donors (Lipinski definition) is 2. The van der Waals surface area contributed by atoms with Crippen LogP contribution in [0.2, 0.25) is 0 Å². The lowest BCUT2D eigenvalue weighted by Gasteiger charge is -2.35. The van der Waals surface area contributed by atoms with Crippen molar-refractivity contribution in [1.82, 2.24) is 9.80 Å². The predicted molar refractivity (Wildman–Crippen MR) is 96.8 cm³/mol. The van der Waals surface area contributed by atoms with Gasteiger partial charge in [0.15, 0.2) is 0 Å². The van der Waals surface area contributed by atoms with Crippen LogP contribution in [0.1, 0.15) is 11.7 Å². The van der Waals surface area contributed by atoms with E-state index in [2.05, 4.69) is 34.1 Å². The van der Waals surface area contributed by atoms with Gasteiger partial charge >= 0.3 is 0 Å². The molecule has 0 radical (unpaired) electrons. The Morgan fingerprint density at radius 3 is 2.00 bits per heavy atom. The van der Waals surface area contributed by atoms with Gasteiger partial charge in [0.1, 0.15) is 0 Å². The van der Waals surface area contributed by atoms with Crippen LogP contribution in [-0.4, -0.2) is 65.9 Å². The molecule has 4 nitrogen and oxygen atoms in total. The van der Waals surface area contributed by atoms with E-state index in [0.717, 1.165) is 38.3 Å². The molecule has 0 aromatic heterocycles. The average molecular weight is 326 g/mol. The Kier molecular flexibility index (Phi) is 5.99. The third kappa shape index (κ3) is 4.42. The fourth-order valence-electron chi connectivity index (χ4n) is 3.22. The minimum atomic E-state index is -0.459. The van der Waals surface area contributed by atoms with Crippen molar-refractivity contribution in [3.8, 4) is 11.1 Å². The molecule has 1 heterocycles. The summed E-state index contributed by atoms with van der Waals surface area (Å²) in [5.41, 5.74) is 3.33. The maximum atomic E-state index is 10.5. The van der Waals surface area contributed by atoms with Crippen molar-refractivity contribution in [1.29, 1.82) is 0 Å². The third-order valence-corrected chi connectivity index (χ3v) is 4.71. The first-order chi connectivity index (χ1) is 11.8. The molecule has 2 aromatic carbocycles. The largest absolute Gasteiger partial charge is 0.395 e. The van der Waals surface area contributed by atoms with Crippen LogP contribution >= 0.6 is 0 Å². The number of aliphatic hydroxyl groups is 2. The quantitative estimate of drug-likeness (QED) is 0.852. The lowest BCUT2D eigenvalue weighted by Crippen LogP contribution is -2.48. The number of nitrogens with zero attached hydrogens (tertiary/aromatic N) is 2. The summed E-state index contributed by atoms with van der Waals surface area (Å²) in [4.78, 5) is 4.56. The zero-order valence-electron chi connectivity index (χ0n) is 14.0. The number of piperazine rings is 1. The van der Waals surface area contributed by atoms with Crippen molar-refractivity contribution < 1.29 is 10.2 Å². The van der Waals surface area contributed by atoms with Gasteiger partial charge in [-0.05, 0) is 16.7 Å². The molecule has 0 bridgehead atoms. The van der Waals surface area contributed by atoms with E-state index in [9.17, 15) is 5.11 Å². The molecule has 24 heavy (non-hydrogen) atoms. The van der Waals surface area contributed by atoms with E-state index in [1.807, 2.05) is 30.3 Å². The summed E-state index contributed by atoms with van der Waals surface area (Å²) in [6.45, 7) is 5.43. The Balaban J connectivity index is 1.55. The van der Waals surface area contributed by atoms with Gasteiger partial charge in [0.25, 0.3) is 0 Å². The van der Waals surface area contributed by atoms with Crippen LogP contribution in [0.25, 0.3) is 11.1 Å². The molecule has 0 spiro atoms. The minimum absolute atomic E-state index is 0.219. The fraction of sp³-hybridized carbons (Fsp3) is 0.400. The van der Waals surface area contributed by atoms with E-state index < -0.39 is 6.10 Å². The van der Waals surface area contributed by atoms with Crippen LogP contribution in [0.5, 0.6) is 0 Å². The van der Waals surface area contributed by atoms with Gasteiger partial charge in [-0.15, -0.1) is 0 Å². The van der Waals surface area contributed by atoms with Crippen molar-refractivity contribution >= 4 is 0 Å². The molecule has 128 valence electrons. The Morgan fingerprint density at radius 1 is 0.792 bits per heavy atom. The lowest BCUT2D eigenvalue weighted by molar-refractivity contribution is 0.0661. The number of benzene rings is 2. The van der Waals surface area contributed by atoms with Crippen molar-refractivity contribution in [2.75, 3.05) is 45.9 Å². The van der Waals surface area contributed by atoms with Crippen molar-refractivity contribution in [2.45, 2.75) is 6.10 Å².